The van der Waals surface area contributed by atoms with Crippen molar-refractivity contribution < 1.29 is 24.6 Å². The van der Waals surface area contributed by atoms with Gasteiger partial charge >= 0.3 is 5.97 Å². The summed E-state index contributed by atoms with van der Waals surface area (Å²) in [5.41, 5.74) is 9.62. The van der Waals surface area contributed by atoms with E-state index in [9.17, 15) is 19.5 Å². The van der Waals surface area contributed by atoms with Crippen molar-refractivity contribution in [3.05, 3.63) is 80.7 Å². The Morgan fingerprint density at radius 1 is 1.13 bits per heavy atom. The van der Waals surface area contributed by atoms with Crippen LogP contribution in [0.4, 0.5) is 0 Å². The van der Waals surface area contributed by atoms with Gasteiger partial charge in [-0.05, 0) is 29.3 Å². The van der Waals surface area contributed by atoms with E-state index in [1.165, 1.54) is 12.1 Å². The highest BCUT2D eigenvalue weighted by Crippen LogP contribution is 2.22. The molecule has 2 rings (SSSR count). The van der Waals surface area contributed by atoms with Crippen LogP contribution < -0.4 is 10.6 Å². The van der Waals surface area contributed by atoms with Gasteiger partial charge in [0.1, 0.15) is 0 Å². The Balaban J connectivity index is 1.94. The average Bonchev–Trinajstić information content (AvgIpc) is 2.75. The second-order valence-electron chi connectivity index (χ2n) is 6.52. The number of aliphatic carboxylic acids is 1. The number of aliphatic hydroxyl groups excluding tert-OH is 1. The minimum Gasteiger partial charge on any atom is -0.481 e. The summed E-state index contributed by atoms with van der Waals surface area (Å²) in [7, 11) is 0. The zero-order valence-electron chi connectivity index (χ0n) is 16.2. The third kappa shape index (κ3) is 7.31. The lowest BCUT2D eigenvalue weighted by molar-refractivity contribution is -0.137. The first-order chi connectivity index (χ1) is 14.8. The molecule has 2 amide bonds. The summed E-state index contributed by atoms with van der Waals surface area (Å²) in [6.07, 6.45) is -1.80. The molecular weight excluding hydrogens is 426 g/mol. The molecule has 11 heteroatoms. The second-order valence-corrected chi connectivity index (χ2v) is 6.93. The molecule has 0 radical (unpaired) electrons. The maximum Gasteiger partial charge on any atom is 0.305 e. The predicted octanol–water partition coefficient (Wildman–Crippen LogP) is 2.57. The fourth-order valence-electron chi connectivity index (χ4n) is 2.67. The number of aliphatic hydroxyl groups is 1. The van der Waals surface area contributed by atoms with Crippen molar-refractivity contribution in [2.24, 2.45) is 5.11 Å². The van der Waals surface area contributed by atoms with Gasteiger partial charge in [-0.25, -0.2) is 0 Å². The molecular formula is C20H20ClN5O5. The monoisotopic (exact) mass is 445 g/mol. The molecule has 162 valence electrons. The molecule has 0 aliphatic rings. The normalized spacial score (nSPS) is 12.2. The third-order valence-electron chi connectivity index (χ3n) is 4.25. The molecule has 10 nitrogen and oxygen atoms in total. The molecule has 4 N–H and O–H groups in total. The van der Waals surface area contributed by atoms with Gasteiger partial charge in [-0.2, -0.15) is 0 Å². The average molecular weight is 446 g/mol. The number of carboxylic acid groups (broad SMARTS) is 1. The van der Waals surface area contributed by atoms with Crippen molar-refractivity contribution in [1.29, 1.82) is 0 Å². The van der Waals surface area contributed by atoms with Crippen LogP contribution in [-0.4, -0.2) is 40.6 Å². The van der Waals surface area contributed by atoms with Gasteiger partial charge in [0.05, 0.1) is 6.42 Å². The number of benzene rings is 2. The number of hydrogen-bond donors (Lipinski definition) is 4. The molecule has 0 heterocycles. The van der Waals surface area contributed by atoms with E-state index in [2.05, 4.69) is 20.7 Å². The molecule has 0 aliphatic heterocycles. The molecule has 2 aromatic rings. The third-order valence-corrected chi connectivity index (χ3v) is 4.60. The number of carbonyl (C=O) groups excluding carboxylic acids is 2. The van der Waals surface area contributed by atoms with Gasteiger partial charge in [0.2, 0.25) is 0 Å². The number of carboxylic acids is 1. The summed E-state index contributed by atoms with van der Waals surface area (Å²) in [6.45, 7) is -0.0762. The van der Waals surface area contributed by atoms with Crippen LogP contribution in [0.15, 0.2) is 53.6 Å². The Morgan fingerprint density at radius 3 is 2.42 bits per heavy atom. The van der Waals surface area contributed by atoms with Crippen molar-refractivity contribution in [1.82, 2.24) is 10.6 Å². The predicted molar refractivity (Wildman–Crippen MR) is 112 cm³/mol. The highest BCUT2D eigenvalue weighted by Gasteiger charge is 2.20. The van der Waals surface area contributed by atoms with E-state index >= 15 is 0 Å². The molecule has 31 heavy (non-hydrogen) atoms. The van der Waals surface area contributed by atoms with Gasteiger partial charge < -0.3 is 20.8 Å². The largest absolute Gasteiger partial charge is 0.481 e. The summed E-state index contributed by atoms with van der Waals surface area (Å²) in [4.78, 5) is 37.9. The lowest BCUT2D eigenvalue weighted by atomic mass is 10.1. The Bertz CT molecular complexity index is 988. The number of halogens is 1. The van der Waals surface area contributed by atoms with E-state index < -0.39 is 29.9 Å². The lowest BCUT2D eigenvalue weighted by Crippen LogP contribution is -2.38. The Morgan fingerprint density at radius 2 is 1.81 bits per heavy atom. The second kappa shape index (κ2) is 11.6. The van der Waals surface area contributed by atoms with E-state index in [1.807, 2.05) is 0 Å². The summed E-state index contributed by atoms with van der Waals surface area (Å²) < 4.78 is 0. The molecule has 0 aliphatic carbocycles. The van der Waals surface area contributed by atoms with Crippen LogP contribution in [0.25, 0.3) is 10.4 Å². The van der Waals surface area contributed by atoms with Crippen LogP contribution in [-0.2, 0) is 16.1 Å². The lowest BCUT2D eigenvalue weighted by Gasteiger charge is -2.15. The number of hydrogen-bond acceptors (Lipinski definition) is 5. The van der Waals surface area contributed by atoms with Gasteiger partial charge in [-0.1, -0.05) is 47.0 Å². The SMILES string of the molecule is [N-]=[N+]=NC[C@H](CC(=O)O)NC(=O)c1ccc(CNC(=O)C(O)c2ccccc2Cl)cc1. The molecule has 0 saturated heterocycles. The summed E-state index contributed by atoms with van der Waals surface area (Å²) >= 11 is 5.99. The van der Waals surface area contributed by atoms with Crippen molar-refractivity contribution in [2.75, 3.05) is 6.54 Å². The van der Waals surface area contributed by atoms with Gasteiger partial charge in [0, 0.05) is 40.2 Å². The highest BCUT2D eigenvalue weighted by molar-refractivity contribution is 6.31. The topological polar surface area (TPSA) is 164 Å². The van der Waals surface area contributed by atoms with Gasteiger partial charge in [-0.15, -0.1) is 0 Å². The quantitative estimate of drug-likeness (QED) is 0.250. The minimum atomic E-state index is -1.42. The van der Waals surface area contributed by atoms with E-state index in [0.717, 1.165) is 0 Å². The van der Waals surface area contributed by atoms with Crippen LogP contribution in [0.5, 0.6) is 0 Å². The number of azide groups is 1. The number of carbonyl (C=O) groups is 3. The summed E-state index contributed by atoms with van der Waals surface area (Å²) in [5.74, 6) is -2.28. The van der Waals surface area contributed by atoms with E-state index in [0.29, 0.717) is 11.1 Å². The molecule has 2 aromatic carbocycles. The van der Waals surface area contributed by atoms with E-state index in [1.54, 1.807) is 36.4 Å². The highest BCUT2D eigenvalue weighted by atomic mass is 35.5. The molecule has 0 fully saturated rings. The van der Waals surface area contributed by atoms with Crippen LogP contribution in [0.3, 0.4) is 0 Å². The van der Waals surface area contributed by atoms with Gasteiger partial charge in [-0.3, -0.25) is 14.4 Å². The van der Waals surface area contributed by atoms with Crippen LogP contribution in [0.1, 0.15) is 34.0 Å². The van der Waals surface area contributed by atoms with Crippen molar-refractivity contribution >= 4 is 29.4 Å². The number of rotatable bonds is 10. The molecule has 0 aromatic heterocycles. The van der Waals surface area contributed by atoms with Crippen molar-refractivity contribution in [3.8, 4) is 0 Å². The zero-order chi connectivity index (χ0) is 22.8. The fraction of sp³-hybridized carbons (Fsp3) is 0.250. The summed E-state index contributed by atoms with van der Waals surface area (Å²) in [5, 5.41) is 27.7. The molecule has 1 unspecified atom stereocenters. The van der Waals surface area contributed by atoms with E-state index in [4.69, 9.17) is 22.2 Å². The maximum absolute atomic E-state index is 12.3. The molecule has 0 saturated carbocycles. The first-order valence-electron chi connectivity index (χ1n) is 9.14. The minimum absolute atomic E-state index is 0.112. The van der Waals surface area contributed by atoms with Crippen LogP contribution in [0, 0.1) is 0 Å². The smallest absolute Gasteiger partial charge is 0.305 e. The molecule has 0 bridgehead atoms. The first kappa shape index (κ1) is 23.7. The Hall–Kier alpha value is -3.59. The van der Waals surface area contributed by atoms with E-state index in [-0.39, 0.29) is 30.1 Å². The number of nitrogens with zero attached hydrogens (tertiary/aromatic N) is 3. The molecule has 2 atom stereocenters. The summed E-state index contributed by atoms with van der Waals surface area (Å²) in [6, 6.07) is 11.9. The van der Waals surface area contributed by atoms with Crippen LogP contribution in [0.2, 0.25) is 5.02 Å². The van der Waals surface area contributed by atoms with Crippen molar-refractivity contribution in [2.45, 2.75) is 25.1 Å². The van der Waals surface area contributed by atoms with Crippen LogP contribution >= 0.6 is 11.6 Å². The van der Waals surface area contributed by atoms with Crippen molar-refractivity contribution in [3.63, 3.8) is 0 Å². The van der Waals surface area contributed by atoms with Gasteiger partial charge in [0.25, 0.3) is 11.8 Å². The number of amides is 2. The number of nitrogens with one attached hydrogen (secondary N) is 2. The van der Waals surface area contributed by atoms with Gasteiger partial charge in [0.15, 0.2) is 6.10 Å². The Labute approximate surface area is 182 Å². The fourth-order valence-corrected chi connectivity index (χ4v) is 2.91. The Kier molecular flexibility index (Phi) is 8.83. The first-order valence-corrected chi connectivity index (χ1v) is 9.52. The molecule has 0 spiro atoms. The maximum atomic E-state index is 12.3. The zero-order valence-corrected chi connectivity index (χ0v) is 17.0. The standard InChI is InChI=1S/C20H20ClN5O5/c21-16-4-2-1-3-15(16)18(29)20(31)23-10-12-5-7-13(8-6-12)19(30)25-14(9-17(27)28)11-24-26-22/h1-8,14,18,29H,9-11H2,(H,23,31)(H,25,30)(H,27,28)/t14-,18?/m0/s1.